The van der Waals surface area contributed by atoms with Crippen LogP contribution in [0, 0.1) is 0 Å². The van der Waals surface area contributed by atoms with Crippen molar-refractivity contribution < 1.29 is 92.4 Å². The fourth-order valence-corrected chi connectivity index (χ4v) is 19.3. The first kappa shape index (κ1) is 86.9. The van der Waals surface area contributed by atoms with Gasteiger partial charge in [0, 0.05) is 78.0 Å². The molecule has 628 valence electrons. The Labute approximate surface area is 716 Å². The molecule has 16 rings (SSSR count). The van der Waals surface area contributed by atoms with Crippen molar-refractivity contribution in [1.82, 2.24) is 30.2 Å². The van der Waals surface area contributed by atoms with Crippen molar-refractivity contribution in [3.8, 4) is 17.2 Å². The third kappa shape index (κ3) is 22.0. The molecule has 29 nitrogen and oxygen atoms in total. The number of nitrogens with one attached hydrogen (secondary N) is 1. The number of oxazole rings is 2. The highest BCUT2D eigenvalue weighted by atomic mass is 32.2. The molecule has 5 aliphatic rings. The molecule has 4 aliphatic heterocycles. The first-order valence-corrected chi connectivity index (χ1v) is 43.5. The van der Waals surface area contributed by atoms with E-state index in [4.69, 9.17) is 38.7 Å². The number of anilines is 4. The maximum absolute atomic E-state index is 13.1. The van der Waals surface area contributed by atoms with E-state index in [1.807, 2.05) is 194 Å². The quantitative estimate of drug-likeness (QED) is 0.0194. The zero-order valence-corrected chi connectivity index (χ0v) is 69.5. The van der Waals surface area contributed by atoms with Gasteiger partial charge < -0.3 is 64.3 Å². The summed E-state index contributed by atoms with van der Waals surface area (Å²) in [5.74, 6) is -2.19. The van der Waals surface area contributed by atoms with Gasteiger partial charge in [0.15, 0.2) is 14.6 Å². The standard InChI is InChI=1S/C22H21N3O4S2.C22H20N2O5S2.C22H20N2O4S.C21H25N3O6/c26-19(14-5-2-1-3-6-14)15-7-4-8-16(11-15)25-17(12-23-21(25)29)9-10-30-22-24-13-18(31-22)20(27)28;25-19(14-5-2-1-3-6-14)15-7-4-8-16(11-15)24-17(13-29-22(24)28)9-10-30-21-23-12-18(31-21)20(26)27;25-21(26)19-13-23-20(28-19)8-4-7-18-14-29-22(27)24(18)17-11-9-16(10-12-17)15-5-2-1-3-6-15;1-12(2)23-11-15(7-8-29-20-22-10-18(30-20)19(26)27)24(21(23)28)14-4-5-16-13(9-14)3-6-17(16)25/h1-8,11,13,17,19,26H,9-10,12H2,(H,23,29)(H,27,28);1-8,11-12,17,19,25H,9-10,13H2,(H,26,27);1-3,5-6,9-13,18H,4,7-8,14H2,(H,25,26);4-5,9-10,12,15,17,25H,3,6-8,11H2,1-2H3,(H,26,27)/t2*17-,19?;18-;15-,17?/m0000/s1. The van der Waals surface area contributed by atoms with Crippen molar-refractivity contribution in [3.05, 3.63) is 267 Å². The molecule has 4 saturated heterocycles. The van der Waals surface area contributed by atoms with Crippen LogP contribution in [0.5, 0.6) is 6.08 Å². The highest BCUT2D eigenvalue weighted by Gasteiger charge is 2.41. The van der Waals surface area contributed by atoms with Gasteiger partial charge in [-0.2, -0.15) is 4.98 Å². The number of fused-ring (bicyclic) bond motifs is 1. The highest BCUT2D eigenvalue weighted by Crippen LogP contribution is 2.40. The minimum Gasteiger partial charge on any atom is -0.477 e. The van der Waals surface area contributed by atoms with Crippen molar-refractivity contribution in [1.29, 1.82) is 0 Å². The van der Waals surface area contributed by atoms with Crippen molar-refractivity contribution in [3.63, 3.8) is 0 Å². The highest BCUT2D eigenvalue weighted by molar-refractivity contribution is 8.14. The number of ether oxygens (including phenoxy) is 2. The molecule has 4 fully saturated rings. The molecule has 0 bridgehead atoms. The number of aliphatic hydroxyl groups is 3. The number of carbonyl (C=O) groups excluding carboxylic acids is 4. The van der Waals surface area contributed by atoms with Gasteiger partial charge in [0.2, 0.25) is 11.5 Å². The molecule has 34 heteroatoms. The molecule has 11 aromatic rings. The van der Waals surface area contributed by atoms with Crippen molar-refractivity contribution in [2.24, 2.45) is 0 Å². The maximum atomic E-state index is 13.1. The number of hydrogen-bond donors (Lipinski definition) is 8. The number of rotatable bonds is 30. The van der Waals surface area contributed by atoms with Crippen LogP contribution in [0.15, 0.2) is 224 Å². The Bertz CT molecular complexity index is 5260. The summed E-state index contributed by atoms with van der Waals surface area (Å²) in [5.41, 5.74) is 10.4. The largest absolute Gasteiger partial charge is 0.477 e. The molecule has 0 radical (unpaired) electrons. The number of thioether (sulfide) groups is 3. The first-order valence-electron chi connectivity index (χ1n) is 38.9. The molecular formula is C87H86N10O19S5. The van der Waals surface area contributed by atoms with Crippen molar-refractivity contribution in [2.75, 3.05) is 63.2 Å². The van der Waals surface area contributed by atoms with Crippen LogP contribution in [0.3, 0.4) is 0 Å². The second kappa shape index (κ2) is 40.9. The molecule has 121 heavy (non-hydrogen) atoms. The summed E-state index contributed by atoms with van der Waals surface area (Å²) >= 11 is 6.57. The Morgan fingerprint density at radius 3 is 1.69 bits per heavy atom. The van der Waals surface area contributed by atoms with Crippen LogP contribution in [0.1, 0.15) is 150 Å². The van der Waals surface area contributed by atoms with Gasteiger partial charge >= 0.3 is 48.1 Å². The molecule has 0 spiro atoms. The molecular weight excluding hydrogens is 1650 g/mol. The van der Waals surface area contributed by atoms with Crippen LogP contribution in [-0.4, -0.2) is 182 Å². The predicted octanol–water partition coefficient (Wildman–Crippen LogP) is 16.4. The van der Waals surface area contributed by atoms with Crippen LogP contribution in [0.25, 0.3) is 11.1 Å². The number of benzene rings is 7. The van der Waals surface area contributed by atoms with Crippen molar-refractivity contribution in [2.45, 2.75) is 122 Å². The number of thiazole rings is 2. The number of aryl methyl sites for hydroxylation is 2. The molecule has 6 amide bonds. The lowest BCUT2D eigenvalue weighted by molar-refractivity contribution is 0.0646. The number of amides is 6. The van der Waals surface area contributed by atoms with E-state index in [1.165, 1.54) is 53.9 Å². The van der Waals surface area contributed by atoms with E-state index in [0.29, 0.717) is 76.1 Å². The Hall–Kier alpha value is -11.9. The lowest BCUT2D eigenvalue weighted by Crippen LogP contribution is -2.37. The Balaban J connectivity index is 0.000000139. The van der Waals surface area contributed by atoms with E-state index in [1.54, 1.807) is 14.7 Å². The lowest BCUT2D eigenvalue weighted by atomic mass is 10.0. The zero-order valence-electron chi connectivity index (χ0n) is 65.5. The molecule has 7 aromatic carbocycles. The van der Waals surface area contributed by atoms with Gasteiger partial charge in [0.1, 0.15) is 28.6 Å². The average molecular weight is 1740 g/mol. The summed E-state index contributed by atoms with van der Waals surface area (Å²) in [5, 5.41) is 70.3. The number of cyclic esters (lactones) is 1. The summed E-state index contributed by atoms with van der Waals surface area (Å²) in [6.45, 7) is 5.56. The minimum absolute atomic E-state index is 0.0389. The van der Waals surface area contributed by atoms with Crippen LogP contribution < -0.4 is 29.7 Å². The monoisotopic (exact) mass is 1730 g/mol. The number of hydrogen-bond acceptors (Lipinski definition) is 24. The molecule has 8 N–H and O–H groups in total. The van der Waals surface area contributed by atoms with E-state index in [-0.39, 0.29) is 88.1 Å². The van der Waals surface area contributed by atoms with Gasteiger partial charge in [-0.25, -0.2) is 48.5 Å². The van der Waals surface area contributed by atoms with Gasteiger partial charge in [0.25, 0.3) is 5.24 Å². The minimum atomic E-state index is -1.21. The number of aliphatic hydroxyl groups excluding tert-OH is 3. The van der Waals surface area contributed by atoms with Gasteiger partial charge in [-0.05, 0) is 145 Å². The van der Waals surface area contributed by atoms with Gasteiger partial charge in [-0.3, -0.25) is 24.4 Å². The number of nitrogens with zero attached hydrogens (tertiary/aromatic N) is 9. The maximum Gasteiger partial charge on any atom is 0.414 e. The summed E-state index contributed by atoms with van der Waals surface area (Å²) in [7, 11) is 0. The fourth-order valence-electron chi connectivity index (χ4n) is 14.4. The van der Waals surface area contributed by atoms with E-state index < -0.39 is 48.3 Å². The third-order valence-electron chi connectivity index (χ3n) is 20.5. The van der Waals surface area contributed by atoms with E-state index in [2.05, 4.69) is 37.4 Å². The molecule has 0 saturated carbocycles. The first-order chi connectivity index (χ1) is 58.5. The second-order valence-electron chi connectivity index (χ2n) is 28.7. The van der Waals surface area contributed by atoms with Crippen LogP contribution in [-0.2, 0) is 17.6 Å². The van der Waals surface area contributed by atoms with Gasteiger partial charge in [-0.1, -0.05) is 169 Å². The van der Waals surface area contributed by atoms with E-state index >= 15 is 0 Å². The number of aromatic nitrogens is 4. The lowest BCUT2D eigenvalue weighted by Gasteiger charge is -2.24. The third-order valence-corrected chi connectivity index (χ3v) is 25.9. The van der Waals surface area contributed by atoms with Gasteiger partial charge in [0.05, 0.1) is 55.6 Å². The Morgan fingerprint density at radius 2 is 1.11 bits per heavy atom. The number of aromatic carboxylic acids is 4. The summed E-state index contributed by atoms with van der Waals surface area (Å²) in [6, 6.07) is 57.1. The molecule has 1 aliphatic carbocycles. The van der Waals surface area contributed by atoms with Crippen molar-refractivity contribution >= 4 is 128 Å². The Morgan fingerprint density at radius 1 is 0.554 bits per heavy atom. The SMILES string of the molecule is CC(C)N1C[C@H](CCOc2ncc(C(=O)O)o2)N(c2ccc3c(c2)CCC3O)C1=O.O=C(O)c1cnc(CCC[C@H]2CSC(=O)N2c2ccc(-c3ccccc3)cc2)o1.O=C(O)c1cnc(SCC[C@H]2CNC(=O)N2c2cccc(C(O)c3ccccc3)c2)s1.O=C(O)c1cnc(SCC[C@H]2COC(=O)N2c2cccc(C(O)c3ccccc3)c2)s1. The molecule has 7 atom stereocenters. The van der Waals surface area contributed by atoms with Gasteiger partial charge in [-0.15, -0.1) is 22.7 Å². The van der Waals surface area contributed by atoms with E-state index in [0.717, 1.165) is 116 Å². The number of urea groups is 2. The zero-order chi connectivity index (χ0) is 85.2. The smallest absolute Gasteiger partial charge is 0.414 e. The predicted molar refractivity (Wildman–Crippen MR) is 459 cm³/mol. The van der Waals surface area contributed by atoms with Crippen LogP contribution in [0.4, 0.5) is 41.9 Å². The summed E-state index contributed by atoms with van der Waals surface area (Å²) in [6.07, 6.45) is 8.05. The average Bonchev–Trinajstić information content (AvgIpc) is 1.65. The second-order valence-corrected chi connectivity index (χ2v) is 34.5. The number of carboxylic acids is 4. The molecule has 3 unspecified atom stereocenters. The van der Waals surface area contributed by atoms with E-state index in [9.17, 15) is 53.7 Å². The number of carboxylic acid groups (broad SMARTS) is 4. The number of carbonyl (C=O) groups is 8. The fraction of sp³-hybridized carbons (Fsp3) is 0.287. The van der Waals surface area contributed by atoms with Crippen LogP contribution in [0.2, 0.25) is 0 Å². The summed E-state index contributed by atoms with van der Waals surface area (Å²) in [4.78, 5) is 119. The molecule has 8 heterocycles. The normalized spacial score (nSPS) is 17.7. The topological polar surface area (TPSA) is 403 Å². The summed E-state index contributed by atoms with van der Waals surface area (Å²) < 4.78 is 22.4. The Kier molecular flexibility index (Phi) is 29.4. The molecule has 4 aromatic heterocycles. The van der Waals surface area contributed by atoms with Crippen LogP contribution >= 0.6 is 58.0 Å².